The zero-order valence-corrected chi connectivity index (χ0v) is 18.2. The van der Waals surface area contributed by atoms with E-state index in [-0.39, 0.29) is 17.3 Å². The third-order valence-corrected chi connectivity index (χ3v) is 7.05. The number of benzene rings is 2. The first-order valence-corrected chi connectivity index (χ1v) is 11.4. The minimum Gasteiger partial charge on any atom is -0.325 e. The second-order valence-electron chi connectivity index (χ2n) is 7.56. The predicted molar refractivity (Wildman–Crippen MR) is 113 cm³/mol. The number of hydrazone groups is 1. The summed E-state index contributed by atoms with van der Waals surface area (Å²) in [6, 6.07) is 11.1. The molecule has 1 heterocycles. The van der Waals surface area contributed by atoms with Gasteiger partial charge in [0.1, 0.15) is 0 Å². The number of aryl methyl sites for hydroxylation is 1. The maximum absolute atomic E-state index is 12.7. The molecule has 0 radical (unpaired) electrons. The van der Waals surface area contributed by atoms with Gasteiger partial charge >= 0.3 is 6.18 Å². The third kappa shape index (κ3) is 6.15. The molecule has 32 heavy (non-hydrogen) atoms. The molecule has 1 saturated heterocycles. The molecule has 0 atom stereocenters. The quantitative estimate of drug-likeness (QED) is 0.490. The molecule has 7 nitrogen and oxygen atoms in total. The van der Waals surface area contributed by atoms with Gasteiger partial charge in [0.25, 0.3) is 5.91 Å². The molecule has 1 aliphatic heterocycles. The van der Waals surface area contributed by atoms with Crippen molar-refractivity contribution in [2.45, 2.75) is 18.0 Å². The number of piperazine rings is 1. The monoisotopic (exact) mass is 469 g/mol. The van der Waals surface area contributed by atoms with Gasteiger partial charge in [0.2, 0.25) is 10.0 Å². The number of alkyl halides is 3. The normalized spacial score (nSPS) is 16.4. The van der Waals surface area contributed by atoms with E-state index in [1.54, 1.807) is 24.3 Å². The maximum Gasteiger partial charge on any atom is 0.416 e. The molecular formula is C21H24F3N4O3S+. The van der Waals surface area contributed by atoms with Gasteiger partial charge in [-0.2, -0.15) is 22.6 Å². The number of carbonyl (C=O) groups excluding carboxylic acids is 1. The van der Waals surface area contributed by atoms with Crippen molar-refractivity contribution in [2.75, 3.05) is 32.7 Å². The zero-order chi connectivity index (χ0) is 23.4. The lowest BCUT2D eigenvalue weighted by atomic mass is 10.1. The van der Waals surface area contributed by atoms with Crippen LogP contribution in [0, 0.1) is 6.92 Å². The molecule has 0 aromatic heterocycles. The van der Waals surface area contributed by atoms with Crippen LogP contribution in [-0.4, -0.2) is 57.6 Å². The number of hydrogen-bond acceptors (Lipinski definition) is 4. The minimum absolute atomic E-state index is 0.114. The highest BCUT2D eigenvalue weighted by molar-refractivity contribution is 7.89. The maximum atomic E-state index is 12.7. The van der Waals surface area contributed by atoms with Crippen molar-refractivity contribution in [3.8, 4) is 0 Å². The summed E-state index contributed by atoms with van der Waals surface area (Å²) in [5.74, 6) is -0.363. The van der Waals surface area contributed by atoms with E-state index < -0.39 is 21.8 Å². The van der Waals surface area contributed by atoms with Gasteiger partial charge in [-0.15, -0.1) is 0 Å². The Bertz CT molecular complexity index is 1060. The van der Waals surface area contributed by atoms with E-state index in [2.05, 4.69) is 10.5 Å². The number of amides is 1. The Kier molecular flexibility index (Phi) is 7.32. The van der Waals surface area contributed by atoms with Crippen molar-refractivity contribution >= 4 is 22.1 Å². The van der Waals surface area contributed by atoms with Gasteiger partial charge in [-0.1, -0.05) is 29.8 Å². The van der Waals surface area contributed by atoms with E-state index in [4.69, 9.17) is 0 Å². The van der Waals surface area contributed by atoms with Gasteiger partial charge in [-0.3, -0.25) is 4.79 Å². The number of nitrogens with one attached hydrogen (secondary N) is 2. The van der Waals surface area contributed by atoms with Gasteiger partial charge in [0, 0.05) is 0 Å². The molecule has 3 rings (SSSR count). The first-order valence-electron chi connectivity index (χ1n) is 9.95. The number of quaternary nitrogens is 1. The summed E-state index contributed by atoms with van der Waals surface area (Å²) in [6.45, 7) is 3.55. The molecule has 0 bridgehead atoms. The van der Waals surface area contributed by atoms with Crippen LogP contribution < -0.4 is 10.3 Å². The van der Waals surface area contributed by atoms with Crippen molar-refractivity contribution in [3.05, 3.63) is 65.2 Å². The molecule has 1 fully saturated rings. The van der Waals surface area contributed by atoms with Gasteiger partial charge in [0.05, 0.1) is 42.9 Å². The Morgan fingerprint density at radius 1 is 1.09 bits per heavy atom. The summed E-state index contributed by atoms with van der Waals surface area (Å²) in [4.78, 5) is 13.3. The highest BCUT2D eigenvalue weighted by Crippen LogP contribution is 2.28. The van der Waals surface area contributed by atoms with E-state index in [1.165, 1.54) is 22.7 Å². The predicted octanol–water partition coefficient (Wildman–Crippen LogP) is 1.05. The summed E-state index contributed by atoms with van der Waals surface area (Å²) in [6.07, 6.45) is -3.14. The van der Waals surface area contributed by atoms with Gasteiger partial charge in [-0.05, 0) is 36.8 Å². The lowest BCUT2D eigenvalue weighted by molar-refractivity contribution is -0.895. The van der Waals surface area contributed by atoms with Crippen LogP contribution in [-0.2, 0) is 21.0 Å². The Labute approximate surface area is 184 Å². The molecule has 2 aromatic rings. The highest BCUT2D eigenvalue weighted by atomic mass is 32.2. The molecule has 0 unspecified atom stereocenters. The SMILES string of the molecule is Cc1ccc(S(=O)(=O)N2CC[NH+](CC(=O)NN=Cc3ccc(C(F)(F)F)cc3)CC2)cc1. The molecule has 1 aliphatic rings. The standard InChI is InChI=1S/C21H23F3N4O3S/c1-16-2-8-19(9-3-16)32(30,31)28-12-10-27(11-13-28)15-20(29)26-25-14-17-4-6-18(7-5-17)21(22,23)24/h2-9,14H,10-13,15H2,1H3,(H,26,29)/p+1. The number of halogens is 3. The molecule has 2 N–H and O–H groups in total. The van der Waals surface area contributed by atoms with Gasteiger partial charge < -0.3 is 4.90 Å². The van der Waals surface area contributed by atoms with Crippen LogP contribution in [0.1, 0.15) is 16.7 Å². The van der Waals surface area contributed by atoms with E-state index in [1.807, 2.05) is 6.92 Å². The van der Waals surface area contributed by atoms with Crippen molar-refractivity contribution in [3.63, 3.8) is 0 Å². The van der Waals surface area contributed by atoms with Crippen LogP contribution in [0.25, 0.3) is 0 Å². The first-order chi connectivity index (χ1) is 15.1. The molecule has 11 heteroatoms. The molecule has 1 amide bonds. The topological polar surface area (TPSA) is 83.3 Å². The Morgan fingerprint density at radius 2 is 1.69 bits per heavy atom. The molecule has 0 aliphatic carbocycles. The van der Waals surface area contributed by atoms with Crippen molar-refractivity contribution in [1.29, 1.82) is 0 Å². The number of hydrogen-bond donors (Lipinski definition) is 2. The number of nitrogens with zero attached hydrogens (tertiary/aromatic N) is 2. The van der Waals surface area contributed by atoms with Crippen LogP contribution >= 0.6 is 0 Å². The fraction of sp³-hybridized carbons (Fsp3) is 0.333. The summed E-state index contributed by atoms with van der Waals surface area (Å²) < 4.78 is 64.6. The molecule has 172 valence electrons. The third-order valence-electron chi connectivity index (χ3n) is 5.14. The van der Waals surface area contributed by atoms with Crippen molar-refractivity contribution < 1.29 is 31.3 Å². The fourth-order valence-electron chi connectivity index (χ4n) is 3.28. The molecule has 2 aromatic carbocycles. The average molecular weight is 470 g/mol. The minimum atomic E-state index is -4.41. The lowest BCUT2D eigenvalue weighted by Gasteiger charge is -2.31. The Morgan fingerprint density at radius 3 is 2.25 bits per heavy atom. The van der Waals surface area contributed by atoms with Crippen molar-refractivity contribution in [2.24, 2.45) is 5.10 Å². The summed E-state index contributed by atoms with van der Waals surface area (Å²) >= 11 is 0. The summed E-state index contributed by atoms with van der Waals surface area (Å²) in [5.41, 5.74) is 2.99. The van der Waals surface area contributed by atoms with E-state index in [0.29, 0.717) is 31.7 Å². The second-order valence-corrected chi connectivity index (χ2v) is 9.49. The highest BCUT2D eigenvalue weighted by Gasteiger charge is 2.31. The van der Waals surface area contributed by atoms with E-state index in [0.717, 1.165) is 22.6 Å². The number of sulfonamides is 1. The largest absolute Gasteiger partial charge is 0.416 e. The first kappa shape index (κ1) is 23.9. The van der Waals surface area contributed by atoms with Crippen molar-refractivity contribution in [1.82, 2.24) is 9.73 Å². The van der Waals surface area contributed by atoms with Crippen LogP contribution in [0.4, 0.5) is 13.2 Å². The Balaban J connectivity index is 1.46. The summed E-state index contributed by atoms with van der Waals surface area (Å²) in [5, 5.41) is 3.77. The van der Waals surface area contributed by atoms with E-state index in [9.17, 15) is 26.4 Å². The zero-order valence-electron chi connectivity index (χ0n) is 17.4. The van der Waals surface area contributed by atoms with Crippen LogP contribution in [0.5, 0.6) is 0 Å². The summed E-state index contributed by atoms with van der Waals surface area (Å²) in [7, 11) is -3.56. The smallest absolute Gasteiger partial charge is 0.325 e. The van der Waals surface area contributed by atoms with Gasteiger partial charge in [0.15, 0.2) is 6.54 Å². The lowest BCUT2D eigenvalue weighted by Crippen LogP contribution is -3.15. The number of carbonyl (C=O) groups is 1. The molecular weight excluding hydrogens is 445 g/mol. The van der Waals surface area contributed by atoms with E-state index >= 15 is 0 Å². The fourth-order valence-corrected chi connectivity index (χ4v) is 4.72. The molecule has 0 saturated carbocycles. The van der Waals surface area contributed by atoms with Crippen LogP contribution in [0.15, 0.2) is 58.5 Å². The molecule has 0 spiro atoms. The van der Waals surface area contributed by atoms with Gasteiger partial charge in [-0.25, -0.2) is 13.8 Å². The second kappa shape index (κ2) is 9.80. The van der Waals surface area contributed by atoms with Crippen LogP contribution in [0.2, 0.25) is 0 Å². The van der Waals surface area contributed by atoms with Crippen LogP contribution in [0.3, 0.4) is 0 Å². The number of rotatable bonds is 6. The Hall–Kier alpha value is -2.76. The average Bonchev–Trinajstić information content (AvgIpc) is 2.74.